The summed E-state index contributed by atoms with van der Waals surface area (Å²) in [5, 5.41) is 15.9. The molecule has 0 N–H and O–H groups in total. The maximum Gasteiger partial charge on any atom is 0.219 e. The van der Waals surface area contributed by atoms with Gasteiger partial charge in [0.05, 0.1) is 0 Å². The third kappa shape index (κ3) is 7.81. The van der Waals surface area contributed by atoms with E-state index in [2.05, 4.69) is 43.6 Å². The molecule has 0 atom stereocenters. The molecule has 3 aromatic heterocycles. The topological polar surface area (TPSA) is 104 Å². The molecule has 0 unspecified atom stereocenters. The van der Waals surface area contributed by atoms with Crippen LogP contribution in [-0.4, -0.2) is 29.8 Å². The fraction of sp³-hybridized carbons (Fsp3) is 0.647. The zero-order valence-electron chi connectivity index (χ0n) is 16.7. The van der Waals surface area contributed by atoms with Gasteiger partial charge in [0.2, 0.25) is 24.1 Å². The quantitative estimate of drug-likeness (QED) is 0.646. The summed E-state index contributed by atoms with van der Waals surface area (Å²) in [5.41, 5.74) is 0. The van der Waals surface area contributed by atoms with Crippen molar-refractivity contribution >= 4 is 11.5 Å². The van der Waals surface area contributed by atoms with E-state index in [1.165, 1.54) is 17.9 Å². The highest BCUT2D eigenvalue weighted by Crippen LogP contribution is 2.15. The molecule has 0 fully saturated rings. The van der Waals surface area contributed by atoms with Crippen molar-refractivity contribution in [1.29, 1.82) is 0 Å². The molecule has 0 aliphatic rings. The number of aryl methyl sites for hydroxylation is 2. The van der Waals surface area contributed by atoms with Gasteiger partial charge in [-0.25, -0.2) is 4.98 Å². The maximum atomic E-state index is 5.12. The first-order valence-corrected chi connectivity index (χ1v) is 9.34. The highest BCUT2D eigenvalue weighted by molar-refractivity contribution is 7.05. The molecule has 8 nitrogen and oxygen atoms in total. The van der Waals surface area contributed by atoms with Gasteiger partial charge >= 0.3 is 0 Å². The summed E-state index contributed by atoms with van der Waals surface area (Å²) in [5.74, 6) is 4.15. The molecule has 0 spiro atoms. The van der Waals surface area contributed by atoms with Gasteiger partial charge in [-0.05, 0) is 18.5 Å². The van der Waals surface area contributed by atoms with E-state index in [-0.39, 0.29) is 0 Å². The molecule has 9 heteroatoms. The second kappa shape index (κ2) is 10.7. The Balaban J connectivity index is 0.000000195. The van der Waals surface area contributed by atoms with Crippen LogP contribution in [0.5, 0.6) is 0 Å². The number of hydrogen-bond acceptors (Lipinski definition) is 9. The van der Waals surface area contributed by atoms with Crippen molar-refractivity contribution in [3.05, 3.63) is 34.9 Å². The summed E-state index contributed by atoms with van der Waals surface area (Å²) < 4.78 is 14.1. The largest absolute Gasteiger partial charge is 0.428 e. The maximum absolute atomic E-state index is 5.12. The standard InChI is InChI=1S/C6H10N2O.C6H10N2S.C5H8N2O/c1-4(2)6-8-7-5(3)9-6;1-4(2)6-7-5(3)8-9-6;1-4(2)5-7-6-3-8-5/h2*4H,1-3H3;3-4H,1-2H3. The third-order valence-corrected chi connectivity index (χ3v) is 4.05. The normalized spacial score (nSPS) is 10.6. The second-order valence-corrected chi connectivity index (χ2v) is 7.36. The van der Waals surface area contributed by atoms with Gasteiger partial charge in [-0.1, -0.05) is 41.5 Å². The van der Waals surface area contributed by atoms with Gasteiger partial charge in [0.25, 0.3) is 0 Å². The molecule has 3 rings (SSSR count). The van der Waals surface area contributed by atoms with Crippen molar-refractivity contribution in [2.24, 2.45) is 0 Å². The minimum Gasteiger partial charge on any atom is -0.428 e. The molecular formula is C17H28N6O2S. The van der Waals surface area contributed by atoms with E-state index in [4.69, 9.17) is 8.83 Å². The molecule has 26 heavy (non-hydrogen) atoms. The van der Waals surface area contributed by atoms with E-state index in [0.717, 1.165) is 10.8 Å². The lowest BCUT2D eigenvalue weighted by Crippen LogP contribution is -1.85. The van der Waals surface area contributed by atoms with Crippen LogP contribution in [0.1, 0.15) is 87.8 Å². The third-order valence-electron chi connectivity index (χ3n) is 2.94. The molecule has 3 aromatic rings. The number of nitrogens with zero attached hydrogens (tertiary/aromatic N) is 6. The Labute approximate surface area is 158 Å². The van der Waals surface area contributed by atoms with Crippen molar-refractivity contribution in [2.45, 2.75) is 73.1 Å². The molecule has 0 saturated carbocycles. The molecular weight excluding hydrogens is 352 g/mol. The predicted molar refractivity (Wildman–Crippen MR) is 100 cm³/mol. The van der Waals surface area contributed by atoms with E-state index < -0.39 is 0 Å². The van der Waals surface area contributed by atoms with Gasteiger partial charge in [0, 0.05) is 24.7 Å². The zero-order chi connectivity index (χ0) is 19.7. The van der Waals surface area contributed by atoms with E-state index in [1.54, 1.807) is 6.92 Å². The molecule has 3 heterocycles. The van der Waals surface area contributed by atoms with Crippen molar-refractivity contribution in [2.75, 3.05) is 0 Å². The van der Waals surface area contributed by atoms with Gasteiger partial charge in [-0.3, -0.25) is 0 Å². The average molecular weight is 381 g/mol. The second-order valence-electron chi connectivity index (χ2n) is 6.58. The summed E-state index contributed by atoms with van der Waals surface area (Å²) in [6, 6.07) is 0. The lowest BCUT2D eigenvalue weighted by atomic mass is 10.2. The highest BCUT2D eigenvalue weighted by Gasteiger charge is 2.05. The SMILES string of the molecule is CC(C)c1nnco1.Cc1nnc(C(C)C)o1.Cc1nsc(C(C)C)n1. The molecule has 0 bridgehead atoms. The first-order valence-electron chi connectivity index (χ1n) is 8.56. The molecule has 0 aliphatic carbocycles. The van der Waals surface area contributed by atoms with E-state index in [1.807, 2.05) is 34.6 Å². The molecule has 144 valence electrons. The lowest BCUT2D eigenvalue weighted by molar-refractivity contribution is 0.448. The number of aromatic nitrogens is 6. The minimum atomic E-state index is 0.339. The van der Waals surface area contributed by atoms with Gasteiger partial charge < -0.3 is 8.83 Å². The summed E-state index contributed by atoms with van der Waals surface area (Å²) in [6.45, 7) is 16.0. The van der Waals surface area contributed by atoms with Gasteiger partial charge in [0.15, 0.2) is 0 Å². The monoisotopic (exact) mass is 380 g/mol. The van der Waals surface area contributed by atoms with Crippen LogP contribution in [0.3, 0.4) is 0 Å². The Morgan fingerprint density at radius 2 is 1.50 bits per heavy atom. The van der Waals surface area contributed by atoms with E-state index in [0.29, 0.717) is 35.4 Å². The van der Waals surface area contributed by atoms with Crippen LogP contribution < -0.4 is 0 Å². The van der Waals surface area contributed by atoms with Gasteiger partial charge in [0.1, 0.15) is 10.8 Å². The summed E-state index contributed by atoms with van der Waals surface area (Å²) in [7, 11) is 0. The Morgan fingerprint density at radius 3 is 1.73 bits per heavy atom. The lowest BCUT2D eigenvalue weighted by Gasteiger charge is -1.92. The summed E-state index contributed by atoms with van der Waals surface area (Å²) in [4.78, 5) is 4.22. The Bertz CT molecular complexity index is 690. The van der Waals surface area contributed by atoms with Crippen LogP contribution in [0, 0.1) is 13.8 Å². The minimum absolute atomic E-state index is 0.339. The van der Waals surface area contributed by atoms with Crippen LogP contribution >= 0.6 is 11.5 Å². The van der Waals surface area contributed by atoms with Crippen LogP contribution in [0.2, 0.25) is 0 Å². The fourth-order valence-electron chi connectivity index (χ4n) is 1.53. The van der Waals surface area contributed by atoms with Gasteiger partial charge in [-0.15, -0.1) is 20.4 Å². The first-order chi connectivity index (χ1) is 12.2. The molecule has 0 amide bonds. The Hall–Kier alpha value is -2.16. The highest BCUT2D eigenvalue weighted by atomic mass is 32.1. The average Bonchev–Trinajstić information content (AvgIpc) is 3.28. The number of rotatable bonds is 3. The van der Waals surface area contributed by atoms with Crippen LogP contribution in [0.4, 0.5) is 0 Å². The van der Waals surface area contributed by atoms with Crippen molar-refractivity contribution in [1.82, 2.24) is 29.8 Å². The first kappa shape index (κ1) is 21.9. The summed E-state index contributed by atoms with van der Waals surface area (Å²) in [6.07, 6.45) is 1.34. The summed E-state index contributed by atoms with van der Waals surface area (Å²) >= 11 is 1.50. The van der Waals surface area contributed by atoms with Gasteiger partial charge in [-0.2, -0.15) is 4.37 Å². The van der Waals surface area contributed by atoms with Crippen LogP contribution in [-0.2, 0) is 0 Å². The Morgan fingerprint density at radius 1 is 0.846 bits per heavy atom. The van der Waals surface area contributed by atoms with E-state index >= 15 is 0 Å². The molecule has 0 radical (unpaired) electrons. The smallest absolute Gasteiger partial charge is 0.219 e. The van der Waals surface area contributed by atoms with Crippen molar-refractivity contribution in [3.8, 4) is 0 Å². The number of hydrogen-bond donors (Lipinski definition) is 0. The Kier molecular flexibility index (Phi) is 9.04. The zero-order valence-corrected chi connectivity index (χ0v) is 17.5. The fourth-order valence-corrected chi connectivity index (χ4v) is 2.18. The van der Waals surface area contributed by atoms with Crippen molar-refractivity contribution in [3.63, 3.8) is 0 Å². The molecule has 0 aromatic carbocycles. The predicted octanol–water partition coefficient (Wildman–Crippen LogP) is 4.66. The molecule has 0 saturated heterocycles. The van der Waals surface area contributed by atoms with Crippen LogP contribution in [0.25, 0.3) is 0 Å². The van der Waals surface area contributed by atoms with Crippen LogP contribution in [0.15, 0.2) is 15.2 Å². The van der Waals surface area contributed by atoms with E-state index in [9.17, 15) is 0 Å². The van der Waals surface area contributed by atoms with Crippen molar-refractivity contribution < 1.29 is 8.83 Å². The molecule has 0 aliphatic heterocycles.